The van der Waals surface area contributed by atoms with E-state index in [1.165, 1.54) is 7.11 Å². The molecule has 1 amide bonds. The summed E-state index contributed by atoms with van der Waals surface area (Å²) >= 11 is 0.803. The summed E-state index contributed by atoms with van der Waals surface area (Å²) in [6, 6.07) is 0. The highest BCUT2D eigenvalue weighted by molar-refractivity contribution is 7.10. The lowest BCUT2D eigenvalue weighted by Crippen LogP contribution is -2.17. The van der Waals surface area contributed by atoms with Crippen molar-refractivity contribution in [1.82, 2.24) is 9.36 Å². The molecule has 0 fully saturated rings. The van der Waals surface area contributed by atoms with Crippen LogP contribution in [0.5, 0.6) is 0 Å². The Hall–Kier alpha value is -2.23. The van der Waals surface area contributed by atoms with E-state index in [1.807, 2.05) is 0 Å². The van der Waals surface area contributed by atoms with Crippen LogP contribution in [0.1, 0.15) is 12.7 Å². The maximum Gasteiger partial charge on any atom is 0.413 e. The molecule has 0 aliphatic heterocycles. The van der Waals surface area contributed by atoms with Crippen LogP contribution in [0.3, 0.4) is 0 Å². The number of carboxylic acid groups (broad SMARTS) is 1. The average molecular weight is 274 g/mol. The number of nitrogens with zero attached hydrogens (tertiary/aromatic N) is 3. The zero-order chi connectivity index (χ0) is 13.5. The first-order valence-corrected chi connectivity index (χ1v) is 5.48. The van der Waals surface area contributed by atoms with Crippen molar-refractivity contribution < 1.29 is 24.3 Å². The van der Waals surface area contributed by atoms with Gasteiger partial charge in [-0.1, -0.05) is 5.16 Å². The van der Waals surface area contributed by atoms with Crippen LogP contribution in [0.25, 0.3) is 0 Å². The molecule has 0 saturated heterocycles. The van der Waals surface area contributed by atoms with E-state index < -0.39 is 17.8 Å². The largest absolute Gasteiger partial charge is 0.476 e. The topological polar surface area (TPSA) is 123 Å². The fourth-order valence-corrected chi connectivity index (χ4v) is 1.45. The third kappa shape index (κ3) is 3.66. The van der Waals surface area contributed by atoms with E-state index in [4.69, 9.17) is 5.11 Å². The molecule has 0 bridgehead atoms. The van der Waals surface area contributed by atoms with Crippen LogP contribution in [-0.4, -0.2) is 46.0 Å². The van der Waals surface area contributed by atoms with Gasteiger partial charge in [-0.25, -0.2) is 9.59 Å². The molecule has 0 spiro atoms. The lowest BCUT2D eigenvalue weighted by Gasteiger charge is -1.99. The highest BCUT2D eigenvalue weighted by atomic mass is 32.1. The van der Waals surface area contributed by atoms with Gasteiger partial charge in [-0.3, -0.25) is 5.32 Å². The minimum atomic E-state index is -1.34. The molecule has 98 valence electrons. The molecular formula is C8H10N4O5S. The fraction of sp³-hybridized carbons (Fsp3) is 0.375. The normalized spacial score (nSPS) is 10.9. The van der Waals surface area contributed by atoms with Crippen molar-refractivity contribution in [3.63, 3.8) is 0 Å². The second-order valence-corrected chi connectivity index (χ2v) is 3.45. The number of hydrogen-bond donors (Lipinski definition) is 2. The smallest absolute Gasteiger partial charge is 0.413 e. The molecule has 10 heteroatoms. The number of carbonyl (C=O) groups excluding carboxylic acids is 1. The van der Waals surface area contributed by atoms with Crippen molar-refractivity contribution in [2.45, 2.75) is 6.92 Å². The van der Waals surface area contributed by atoms with Crippen LogP contribution in [0.2, 0.25) is 0 Å². The predicted octanol–water partition coefficient (Wildman–Crippen LogP) is 0.542. The Morgan fingerprint density at radius 1 is 1.56 bits per heavy atom. The van der Waals surface area contributed by atoms with Crippen LogP contribution in [0.15, 0.2) is 5.16 Å². The molecule has 1 heterocycles. The Kier molecular flexibility index (Phi) is 4.99. The predicted molar refractivity (Wildman–Crippen MR) is 61.7 cm³/mol. The van der Waals surface area contributed by atoms with Crippen LogP contribution >= 0.6 is 11.5 Å². The third-order valence-electron chi connectivity index (χ3n) is 1.51. The molecule has 0 saturated carbocycles. The van der Waals surface area contributed by atoms with Crippen molar-refractivity contribution in [3.8, 4) is 0 Å². The van der Waals surface area contributed by atoms with Gasteiger partial charge in [0.1, 0.15) is 7.11 Å². The molecule has 0 atom stereocenters. The number of aromatic nitrogens is 2. The number of nitrogens with one attached hydrogen (secondary N) is 1. The standard InChI is InChI=1S/C8H10N4O5S/c1-3-17-8(15)10-7-9-5(12-18-7)4(6(13)14)11-16-2/h3H2,1-2H3,(H,13,14)(H,9,10,12,15). The highest BCUT2D eigenvalue weighted by Crippen LogP contribution is 2.12. The van der Waals surface area contributed by atoms with Crippen molar-refractivity contribution >= 4 is 34.4 Å². The minimum absolute atomic E-state index is 0.105. The number of oxime groups is 1. The summed E-state index contributed by atoms with van der Waals surface area (Å²) in [5.41, 5.74) is -0.453. The van der Waals surface area contributed by atoms with E-state index in [0.29, 0.717) is 0 Å². The molecule has 1 aromatic heterocycles. The van der Waals surface area contributed by atoms with E-state index in [-0.39, 0.29) is 17.6 Å². The van der Waals surface area contributed by atoms with Gasteiger partial charge in [0.05, 0.1) is 6.61 Å². The molecule has 0 aromatic carbocycles. The molecule has 0 radical (unpaired) electrons. The van der Waals surface area contributed by atoms with Crippen LogP contribution < -0.4 is 5.32 Å². The molecule has 2 N–H and O–H groups in total. The molecule has 9 nitrogen and oxygen atoms in total. The van der Waals surface area contributed by atoms with Crippen molar-refractivity contribution in [1.29, 1.82) is 0 Å². The first-order chi connectivity index (χ1) is 8.58. The molecule has 1 rings (SSSR count). The number of ether oxygens (including phenoxy) is 1. The van der Waals surface area contributed by atoms with E-state index in [9.17, 15) is 9.59 Å². The second-order valence-electron chi connectivity index (χ2n) is 2.70. The summed E-state index contributed by atoms with van der Waals surface area (Å²) in [4.78, 5) is 30.1. The Bertz CT molecular complexity index is 472. The third-order valence-corrected chi connectivity index (χ3v) is 2.14. The Morgan fingerprint density at radius 3 is 2.83 bits per heavy atom. The first kappa shape index (κ1) is 13.8. The van der Waals surface area contributed by atoms with Crippen molar-refractivity contribution in [3.05, 3.63) is 5.82 Å². The zero-order valence-corrected chi connectivity index (χ0v) is 10.4. The van der Waals surface area contributed by atoms with Gasteiger partial charge < -0.3 is 14.7 Å². The van der Waals surface area contributed by atoms with E-state index >= 15 is 0 Å². The Balaban J connectivity index is 2.82. The zero-order valence-electron chi connectivity index (χ0n) is 9.54. The number of aliphatic carboxylic acids is 1. The second kappa shape index (κ2) is 6.49. The number of hydrogen-bond acceptors (Lipinski definition) is 8. The van der Waals surface area contributed by atoms with Gasteiger partial charge >= 0.3 is 12.1 Å². The number of carbonyl (C=O) groups is 2. The van der Waals surface area contributed by atoms with E-state index in [0.717, 1.165) is 11.5 Å². The van der Waals surface area contributed by atoms with Gasteiger partial charge in [0.2, 0.25) is 16.7 Å². The maximum atomic E-state index is 11.1. The van der Waals surface area contributed by atoms with Crippen LogP contribution in [0, 0.1) is 0 Å². The number of anilines is 1. The summed E-state index contributed by atoms with van der Waals surface area (Å²) in [5, 5.41) is 14.5. The quantitative estimate of drug-likeness (QED) is 0.593. The maximum absolute atomic E-state index is 11.1. The van der Waals surface area contributed by atoms with Crippen molar-refractivity contribution in [2.75, 3.05) is 19.0 Å². The van der Waals surface area contributed by atoms with E-state index in [1.54, 1.807) is 6.92 Å². The molecule has 18 heavy (non-hydrogen) atoms. The highest BCUT2D eigenvalue weighted by Gasteiger charge is 2.20. The minimum Gasteiger partial charge on any atom is -0.476 e. The van der Waals surface area contributed by atoms with Gasteiger partial charge in [-0.2, -0.15) is 9.36 Å². The number of amides is 1. The monoisotopic (exact) mass is 274 g/mol. The number of carboxylic acids is 1. The Labute approximate surface area is 106 Å². The lowest BCUT2D eigenvalue weighted by molar-refractivity contribution is -0.129. The summed E-state index contributed by atoms with van der Waals surface area (Å²) in [6.07, 6.45) is -0.694. The van der Waals surface area contributed by atoms with Gasteiger partial charge in [0.25, 0.3) is 0 Å². The van der Waals surface area contributed by atoms with Gasteiger partial charge in [0, 0.05) is 11.5 Å². The Morgan fingerprint density at radius 2 is 2.28 bits per heavy atom. The average Bonchev–Trinajstić information content (AvgIpc) is 2.73. The van der Waals surface area contributed by atoms with E-state index in [2.05, 4.69) is 29.4 Å². The van der Waals surface area contributed by atoms with Crippen molar-refractivity contribution in [2.24, 2.45) is 5.16 Å². The van der Waals surface area contributed by atoms with Crippen LogP contribution in [0.4, 0.5) is 9.93 Å². The van der Waals surface area contributed by atoms with Crippen LogP contribution in [-0.2, 0) is 14.4 Å². The van der Waals surface area contributed by atoms with Gasteiger partial charge in [0.15, 0.2) is 0 Å². The molecule has 0 unspecified atom stereocenters. The fourth-order valence-electron chi connectivity index (χ4n) is 0.892. The summed E-state index contributed by atoms with van der Waals surface area (Å²) < 4.78 is 8.37. The summed E-state index contributed by atoms with van der Waals surface area (Å²) in [7, 11) is 1.20. The first-order valence-electron chi connectivity index (χ1n) is 4.70. The van der Waals surface area contributed by atoms with Gasteiger partial charge in [-0.15, -0.1) is 0 Å². The lowest BCUT2D eigenvalue weighted by atomic mass is 10.4. The van der Waals surface area contributed by atoms with Gasteiger partial charge in [-0.05, 0) is 6.92 Å². The summed E-state index contributed by atoms with van der Waals surface area (Å²) in [6.45, 7) is 1.86. The summed E-state index contributed by atoms with van der Waals surface area (Å²) in [5.74, 6) is -1.49. The molecular weight excluding hydrogens is 264 g/mol. The molecule has 0 aliphatic carbocycles. The molecule has 0 aliphatic rings. The SMILES string of the molecule is CCOC(=O)Nc1nc(C(=NOC)C(=O)O)ns1. The molecule has 1 aromatic rings. The number of rotatable bonds is 5.